The zero-order chi connectivity index (χ0) is 25.0. The topological polar surface area (TPSA) is 84.5 Å². The lowest BCUT2D eigenvalue weighted by Crippen LogP contribution is -2.14. The van der Waals surface area contributed by atoms with Crippen molar-refractivity contribution in [2.45, 2.75) is 6.61 Å². The van der Waals surface area contributed by atoms with Crippen molar-refractivity contribution in [2.24, 2.45) is 0 Å². The number of benzene rings is 4. The van der Waals surface area contributed by atoms with Gasteiger partial charge in [0.25, 0.3) is 5.91 Å². The van der Waals surface area contributed by atoms with Gasteiger partial charge in [-0.3, -0.25) is 4.79 Å². The molecule has 0 aromatic heterocycles. The normalized spacial score (nSPS) is 11.3. The number of fused-ring (bicyclic) bond motifs is 1. The van der Waals surface area contributed by atoms with E-state index in [1.165, 1.54) is 0 Å². The molecule has 35 heavy (non-hydrogen) atoms. The first-order chi connectivity index (χ1) is 16.7. The number of carbonyl (C=O) groups excluding carboxylic acids is 1. The Morgan fingerprint density at radius 1 is 0.914 bits per heavy atom. The number of hydrogen-bond acceptors (Lipinski definition) is 5. The van der Waals surface area contributed by atoms with Crippen LogP contribution in [-0.2, 0) is 16.4 Å². The highest BCUT2D eigenvalue weighted by molar-refractivity contribution is 7.90. The molecule has 4 aromatic rings. The van der Waals surface area contributed by atoms with Gasteiger partial charge in [-0.1, -0.05) is 53.5 Å². The first-order valence-electron chi connectivity index (χ1n) is 10.6. The molecule has 2 N–H and O–H groups in total. The molecule has 4 rings (SSSR count). The van der Waals surface area contributed by atoms with Gasteiger partial charge < -0.3 is 15.4 Å². The minimum absolute atomic E-state index is 0.0923. The van der Waals surface area contributed by atoms with E-state index in [0.717, 1.165) is 17.0 Å². The second kappa shape index (κ2) is 10.6. The van der Waals surface area contributed by atoms with Crippen LogP contribution in [0.1, 0.15) is 15.9 Å². The van der Waals surface area contributed by atoms with Crippen LogP contribution in [0.3, 0.4) is 0 Å². The zero-order valence-corrected chi connectivity index (χ0v) is 21.0. The van der Waals surface area contributed by atoms with Crippen molar-refractivity contribution in [3.05, 3.63) is 100 Å². The molecule has 0 aliphatic carbocycles. The van der Waals surface area contributed by atoms with E-state index in [1.54, 1.807) is 42.5 Å². The number of halogens is 2. The molecule has 9 heteroatoms. The Bertz CT molecular complexity index is 1510. The Hall–Kier alpha value is -3.26. The van der Waals surface area contributed by atoms with Gasteiger partial charge in [0.1, 0.15) is 18.2 Å². The van der Waals surface area contributed by atoms with Crippen LogP contribution < -0.4 is 15.4 Å². The number of ether oxygens (including phenoxy) is 1. The van der Waals surface area contributed by atoms with E-state index in [0.29, 0.717) is 38.3 Å². The molecular weight excluding hydrogens is 507 g/mol. The highest BCUT2D eigenvalue weighted by atomic mass is 35.5. The number of amides is 1. The Balaban J connectivity index is 1.58. The number of hydrogen-bond donors (Lipinski definition) is 2. The summed E-state index contributed by atoms with van der Waals surface area (Å²) in [5.41, 5.74) is 2.12. The lowest BCUT2D eigenvalue weighted by atomic mass is 10.1. The zero-order valence-electron chi connectivity index (χ0n) is 18.7. The minimum Gasteiger partial charge on any atom is -0.487 e. The third-order valence-electron chi connectivity index (χ3n) is 5.17. The fourth-order valence-corrected chi connectivity index (χ4v) is 4.20. The molecule has 0 saturated heterocycles. The second-order valence-electron chi connectivity index (χ2n) is 8.00. The lowest BCUT2D eigenvalue weighted by Gasteiger charge is -2.16. The van der Waals surface area contributed by atoms with Crippen LogP contribution in [0.5, 0.6) is 5.75 Å². The minimum atomic E-state index is -3.28. The summed E-state index contributed by atoms with van der Waals surface area (Å²) in [5.74, 6) is -0.207. The van der Waals surface area contributed by atoms with E-state index in [1.807, 2.05) is 36.4 Å². The van der Waals surface area contributed by atoms with Crippen LogP contribution in [0, 0.1) is 0 Å². The van der Waals surface area contributed by atoms with E-state index in [4.69, 9.17) is 27.9 Å². The van der Waals surface area contributed by atoms with Crippen molar-refractivity contribution in [3.63, 3.8) is 0 Å². The molecule has 0 heterocycles. The standard InChI is InChI=1S/C26H22Cl2N2O4S/c1-35(32,33)16-29-24-11-9-22(14-25(24)34-15-20-13-21(27)8-10-23(20)28)30-26(31)19-7-6-17-4-2-3-5-18(17)12-19/h2-14,29H,15-16H2,1H3,(H,30,31). The lowest BCUT2D eigenvalue weighted by molar-refractivity contribution is 0.102. The van der Waals surface area contributed by atoms with Gasteiger partial charge in [0.15, 0.2) is 9.84 Å². The van der Waals surface area contributed by atoms with Crippen LogP contribution in [0.4, 0.5) is 11.4 Å². The van der Waals surface area contributed by atoms with Crippen LogP contribution in [0.2, 0.25) is 10.0 Å². The molecule has 0 radical (unpaired) electrons. The molecule has 0 atom stereocenters. The first kappa shape index (κ1) is 24.9. The molecule has 0 spiro atoms. The Labute approximate surface area is 213 Å². The molecule has 4 aromatic carbocycles. The monoisotopic (exact) mass is 528 g/mol. The van der Waals surface area contributed by atoms with E-state index < -0.39 is 9.84 Å². The average molecular weight is 529 g/mol. The van der Waals surface area contributed by atoms with E-state index in [-0.39, 0.29) is 18.4 Å². The highest BCUT2D eigenvalue weighted by Gasteiger charge is 2.13. The number of rotatable bonds is 8. The first-order valence-corrected chi connectivity index (χ1v) is 13.4. The van der Waals surface area contributed by atoms with Gasteiger partial charge in [-0.15, -0.1) is 0 Å². The van der Waals surface area contributed by atoms with Crippen molar-refractivity contribution in [2.75, 3.05) is 22.8 Å². The Morgan fingerprint density at radius 3 is 2.46 bits per heavy atom. The summed E-state index contributed by atoms with van der Waals surface area (Å²) < 4.78 is 29.3. The van der Waals surface area contributed by atoms with Crippen LogP contribution in [0.25, 0.3) is 10.8 Å². The number of nitrogens with one attached hydrogen (secondary N) is 2. The maximum absolute atomic E-state index is 12.9. The van der Waals surface area contributed by atoms with E-state index >= 15 is 0 Å². The summed E-state index contributed by atoms with van der Waals surface area (Å²) in [6, 6.07) is 23.3. The number of sulfone groups is 1. The molecule has 1 amide bonds. The fourth-order valence-electron chi connectivity index (χ4n) is 3.42. The third-order valence-corrected chi connectivity index (χ3v) is 6.44. The van der Waals surface area contributed by atoms with Gasteiger partial charge in [-0.05, 0) is 53.2 Å². The molecule has 0 bridgehead atoms. The van der Waals surface area contributed by atoms with Gasteiger partial charge in [0, 0.05) is 39.2 Å². The predicted molar refractivity (Wildman–Crippen MR) is 142 cm³/mol. The molecular formula is C26H22Cl2N2O4S. The van der Waals surface area contributed by atoms with E-state index in [2.05, 4.69) is 10.6 Å². The molecule has 0 aliphatic rings. The Kier molecular flexibility index (Phi) is 7.50. The highest BCUT2D eigenvalue weighted by Crippen LogP contribution is 2.31. The largest absolute Gasteiger partial charge is 0.487 e. The molecule has 6 nitrogen and oxygen atoms in total. The molecule has 180 valence electrons. The van der Waals surface area contributed by atoms with Crippen molar-refractivity contribution in [1.29, 1.82) is 0 Å². The predicted octanol–water partition coefficient (Wildman–Crippen LogP) is 6.39. The summed E-state index contributed by atoms with van der Waals surface area (Å²) in [6.45, 7) is 0.0923. The summed E-state index contributed by atoms with van der Waals surface area (Å²) in [6.07, 6.45) is 1.13. The van der Waals surface area contributed by atoms with Gasteiger partial charge in [0.05, 0.1) is 5.69 Å². The molecule has 0 saturated carbocycles. The fraction of sp³-hybridized carbons (Fsp3) is 0.115. The van der Waals surface area contributed by atoms with Crippen molar-refractivity contribution in [3.8, 4) is 5.75 Å². The van der Waals surface area contributed by atoms with Gasteiger partial charge in [-0.25, -0.2) is 8.42 Å². The Morgan fingerprint density at radius 2 is 1.69 bits per heavy atom. The maximum atomic E-state index is 12.9. The summed E-state index contributed by atoms with van der Waals surface area (Å²) in [7, 11) is -3.28. The number of carbonyl (C=O) groups is 1. The van der Waals surface area contributed by atoms with Crippen LogP contribution in [0.15, 0.2) is 78.9 Å². The average Bonchev–Trinajstić information content (AvgIpc) is 2.83. The SMILES string of the molecule is CS(=O)(=O)CNc1ccc(NC(=O)c2ccc3ccccc3c2)cc1OCc1cc(Cl)ccc1Cl. The summed E-state index contributed by atoms with van der Waals surface area (Å²) >= 11 is 12.3. The van der Waals surface area contributed by atoms with Crippen LogP contribution in [-0.4, -0.2) is 26.5 Å². The maximum Gasteiger partial charge on any atom is 0.255 e. The third kappa shape index (κ3) is 6.66. The van der Waals surface area contributed by atoms with Gasteiger partial charge in [-0.2, -0.15) is 0 Å². The molecule has 0 aliphatic heterocycles. The van der Waals surface area contributed by atoms with Crippen molar-refractivity contribution >= 4 is 61.1 Å². The van der Waals surface area contributed by atoms with Crippen molar-refractivity contribution in [1.82, 2.24) is 0 Å². The molecule has 0 unspecified atom stereocenters. The molecule has 0 fully saturated rings. The smallest absolute Gasteiger partial charge is 0.255 e. The van der Waals surface area contributed by atoms with E-state index in [9.17, 15) is 13.2 Å². The summed E-state index contributed by atoms with van der Waals surface area (Å²) in [5, 5.41) is 8.74. The summed E-state index contributed by atoms with van der Waals surface area (Å²) in [4.78, 5) is 12.9. The number of anilines is 2. The van der Waals surface area contributed by atoms with Gasteiger partial charge >= 0.3 is 0 Å². The van der Waals surface area contributed by atoms with Crippen molar-refractivity contribution < 1.29 is 17.9 Å². The second-order valence-corrected chi connectivity index (χ2v) is 11.0. The quantitative estimate of drug-likeness (QED) is 0.276. The van der Waals surface area contributed by atoms with Crippen LogP contribution >= 0.6 is 23.2 Å². The van der Waals surface area contributed by atoms with Gasteiger partial charge in [0.2, 0.25) is 0 Å².